The van der Waals surface area contributed by atoms with Crippen molar-refractivity contribution in [2.45, 2.75) is 46.6 Å². The van der Waals surface area contributed by atoms with Gasteiger partial charge >= 0.3 is 5.97 Å². The number of nitrogens with one attached hydrogen (secondary N) is 1. The molecule has 0 saturated carbocycles. The highest BCUT2D eigenvalue weighted by Crippen LogP contribution is 2.15. The molecule has 1 N–H and O–H groups in total. The number of carbonyl (C=O) groups excluding carboxylic acids is 3. The fourth-order valence-corrected chi connectivity index (χ4v) is 3.30. The molecule has 9 heteroatoms. The van der Waals surface area contributed by atoms with Crippen LogP contribution in [0.3, 0.4) is 0 Å². The van der Waals surface area contributed by atoms with Crippen molar-refractivity contribution in [3.05, 3.63) is 58.7 Å². The molecule has 0 unspecified atom stereocenters. The van der Waals surface area contributed by atoms with Crippen molar-refractivity contribution in [3.63, 3.8) is 0 Å². The van der Waals surface area contributed by atoms with E-state index in [1.54, 1.807) is 30.5 Å². The Morgan fingerprint density at radius 2 is 1.87 bits per heavy atom. The number of hydrogen-bond acceptors (Lipinski definition) is 7. The number of ketones is 1. The lowest BCUT2D eigenvalue weighted by molar-refractivity contribution is -0.145. The second-order valence-corrected chi connectivity index (χ2v) is 7.34. The summed E-state index contributed by atoms with van der Waals surface area (Å²) in [6.07, 6.45) is 1.14. The zero-order valence-corrected chi connectivity index (χ0v) is 18.0. The number of aryl methyl sites for hydroxylation is 2. The molecule has 0 aliphatic carbocycles. The van der Waals surface area contributed by atoms with Crippen LogP contribution >= 0.6 is 0 Å². The Kier molecular flexibility index (Phi) is 6.74. The van der Waals surface area contributed by atoms with Crippen molar-refractivity contribution >= 4 is 23.4 Å². The molecule has 0 aliphatic heterocycles. The van der Waals surface area contributed by atoms with E-state index in [1.165, 1.54) is 13.3 Å². The van der Waals surface area contributed by atoms with Gasteiger partial charge in [-0.3, -0.25) is 14.4 Å². The van der Waals surface area contributed by atoms with E-state index in [2.05, 4.69) is 20.4 Å². The molecule has 2 heterocycles. The lowest BCUT2D eigenvalue weighted by Crippen LogP contribution is -2.26. The SMILES string of the molecule is CC(=O)NCCc1ccc(C(=O)[C@H](C)OC(=O)Cc2c(C)nc3ncnn3c2C)cc1. The van der Waals surface area contributed by atoms with Crippen molar-refractivity contribution in [2.75, 3.05) is 6.54 Å². The van der Waals surface area contributed by atoms with Crippen LogP contribution in [0.5, 0.6) is 0 Å². The number of ether oxygens (including phenoxy) is 1. The number of hydrogen-bond donors (Lipinski definition) is 1. The van der Waals surface area contributed by atoms with Crippen LogP contribution in [0, 0.1) is 13.8 Å². The Morgan fingerprint density at radius 1 is 1.16 bits per heavy atom. The topological polar surface area (TPSA) is 116 Å². The number of benzene rings is 1. The maximum atomic E-state index is 12.7. The fourth-order valence-electron chi connectivity index (χ4n) is 3.30. The van der Waals surface area contributed by atoms with E-state index < -0.39 is 12.1 Å². The van der Waals surface area contributed by atoms with E-state index >= 15 is 0 Å². The van der Waals surface area contributed by atoms with Gasteiger partial charge in [0.2, 0.25) is 11.7 Å². The number of nitrogens with zero attached hydrogens (tertiary/aromatic N) is 4. The van der Waals surface area contributed by atoms with Crippen molar-refractivity contribution in [2.24, 2.45) is 0 Å². The molecule has 1 atom stereocenters. The number of fused-ring (bicyclic) bond motifs is 1. The van der Waals surface area contributed by atoms with Crippen LogP contribution in [0.4, 0.5) is 0 Å². The molecular formula is C22H25N5O4. The summed E-state index contributed by atoms with van der Waals surface area (Å²) < 4.78 is 6.95. The summed E-state index contributed by atoms with van der Waals surface area (Å²) in [7, 11) is 0. The minimum Gasteiger partial charge on any atom is -0.454 e. The van der Waals surface area contributed by atoms with Crippen LogP contribution in [0.15, 0.2) is 30.6 Å². The second-order valence-electron chi connectivity index (χ2n) is 7.34. The molecule has 9 nitrogen and oxygen atoms in total. The van der Waals surface area contributed by atoms with Crippen LogP contribution in [0.25, 0.3) is 5.78 Å². The van der Waals surface area contributed by atoms with E-state index in [-0.39, 0.29) is 18.1 Å². The number of carbonyl (C=O) groups is 3. The van der Waals surface area contributed by atoms with Crippen molar-refractivity contribution in [1.82, 2.24) is 24.9 Å². The van der Waals surface area contributed by atoms with Gasteiger partial charge in [0.25, 0.3) is 5.78 Å². The predicted octanol–water partition coefficient (Wildman–Crippen LogP) is 1.78. The summed E-state index contributed by atoms with van der Waals surface area (Å²) in [6.45, 7) is 7.19. The number of amides is 1. The number of esters is 1. The molecule has 162 valence electrons. The molecule has 1 aromatic carbocycles. The van der Waals surface area contributed by atoms with Crippen LogP contribution in [-0.4, -0.2) is 49.9 Å². The largest absolute Gasteiger partial charge is 0.454 e. The van der Waals surface area contributed by atoms with Gasteiger partial charge in [-0.25, -0.2) is 9.50 Å². The minimum atomic E-state index is -0.915. The third kappa shape index (κ3) is 5.30. The zero-order chi connectivity index (χ0) is 22.5. The molecule has 31 heavy (non-hydrogen) atoms. The summed E-state index contributed by atoms with van der Waals surface area (Å²) in [6, 6.07) is 7.06. The summed E-state index contributed by atoms with van der Waals surface area (Å²) in [5, 5.41) is 6.84. The summed E-state index contributed by atoms with van der Waals surface area (Å²) in [5.41, 5.74) is 3.58. The summed E-state index contributed by atoms with van der Waals surface area (Å²) >= 11 is 0. The van der Waals surface area contributed by atoms with Crippen molar-refractivity contribution in [3.8, 4) is 0 Å². The maximum absolute atomic E-state index is 12.7. The van der Waals surface area contributed by atoms with Gasteiger partial charge in [-0.2, -0.15) is 10.1 Å². The zero-order valence-electron chi connectivity index (χ0n) is 18.0. The lowest BCUT2D eigenvalue weighted by atomic mass is 10.0. The molecule has 3 rings (SSSR count). The average Bonchev–Trinajstić information content (AvgIpc) is 3.19. The average molecular weight is 423 g/mol. The Morgan fingerprint density at radius 3 is 2.55 bits per heavy atom. The highest BCUT2D eigenvalue weighted by Gasteiger charge is 2.21. The van der Waals surface area contributed by atoms with E-state index in [0.29, 0.717) is 35.6 Å². The van der Waals surface area contributed by atoms with Gasteiger partial charge in [0.1, 0.15) is 6.33 Å². The van der Waals surface area contributed by atoms with Gasteiger partial charge in [-0.05, 0) is 32.8 Å². The molecule has 1 amide bonds. The van der Waals surface area contributed by atoms with Crippen molar-refractivity contribution < 1.29 is 19.1 Å². The molecule has 0 spiro atoms. The third-order valence-electron chi connectivity index (χ3n) is 5.01. The predicted molar refractivity (Wildman–Crippen MR) is 113 cm³/mol. The Bertz CT molecular complexity index is 1120. The number of aromatic nitrogens is 4. The monoisotopic (exact) mass is 423 g/mol. The first-order chi connectivity index (χ1) is 14.8. The normalized spacial score (nSPS) is 11.9. The Balaban J connectivity index is 1.60. The molecule has 0 fully saturated rings. The Hall–Kier alpha value is -3.62. The molecular weight excluding hydrogens is 398 g/mol. The van der Waals surface area contributed by atoms with Gasteiger partial charge in [-0.15, -0.1) is 0 Å². The van der Waals surface area contributed by atoms with E-state index in [0.717, 1.165) is 11.3 Å². The standard InChI is InChI=1S/C22H25N5O4/c1-13-19(14(2)27-22(26-13)24-12-25-27)11-20(29)31-15(3)21(30)18-7-5-17(6-8-18)9-10-23-16(4)28/h5-8,12,15H,9-11H2,1-4H3,(H,23,28)/t15-/m0/s1. The van der Waals surface area contributed by atoms with E-state index in [4.69, 9.17) is 4.74 Å². The quantitative estimate of drug-likeness (QED) is 0.434. The summed E-state index contributed by atoms with van der Waals surface area (Å²) in [4.78, 5) is 44.5. The molecule has 3 aromatic rings. The summed E-state index contributed by atoms with van der Waals surface area (Å²) in [5.74, 6) is -0.402. The van der Waals surface area contributed by atoms with Crippen LogP contribution in [0.1, 0.15) is 46.7 Å². The van der Waals surface area contributed by atoms with Crippen molar-refractivity contribution in [1.29, 1.82) is 0 Å². The fraction of sp³-hybridized carbons (Fsp3) is 0.364. The van der Waals surface area contributed by atoms with E-state index in [1.807, 2.05) is 19.1 Å². The Labute approximate surface area is 179 Å². The first kappa shape index (κ1) is 22.1. The molecule has 2 aromatic heterocycles. The molecule has 0 saturated heterocycles. The van der Waals surface area contributed by atoms with Gasteiger partial charge < -0.3 is 10.1 Å². The van der Waals surface area contributed by atoms with Gasteiger partial charge in [-0.1, -0.05) is 24.3 Å². The first-order valence-corrected chi connectivity index (χ1v) is 9.99. The van der Waals surface area contributed by atoms with Gasteiger partial charge in [0, 0.05) is 36.0 Å². The molecule has 0 bridgehead atoms. The van der Waals surface area contributed by atoms with Crippen LogP contribution in [0.2, 0.25) is 0 Å². The van der Waals surface area contributed by atoms with Gasteiger partial charge in [0.05, 0.1) is 6.42 Å². The van der Waals surface area contributed by atoms with Crippen LogP contribution in [-0.2, 0) is 27.2 Å². The molecule has 0 aliphatic rings. The maximum Gasteiger partial charge on any atom is 0.311 e. The lowest BCUT2D eigenvalue weighted by Gasteiger charge is -2.14. The van der Waals surface area contributed by atoms with Gasteiger partial charge in [0.15, 0.2) is 6.10 Å². The number of rotatable bonds is 8. The second kappa shape index (κ2) is 9.46. The van der Waals surface area contributed by atoms with E-state index in [9.17, 15) is 14.4 Å². The smallest absolute Gasteiger partial charge is 0.311 e. The van der Waals surface area contributed by atoms with Crippen LogP contribution < -0.4 is 5.32 Å². The third-order valence-corrected chi connectivity index (χ3v) is 5.01. The molecule has 0 radical (unpaired) electrons. The number of Topliss-reactive ketones (excluding diaryl/α,β-unsaturated/α-hetero) is 1. The highest BCUT2D eigenvalue weighted by molar-refractivity contribution is 6.00. The minimum absolute atomic E-state index is 0.0137. The first-order valence-electron chi connectivity index (χ1n) is 9.99. The highest BCUT2D eigenvalue weighted by atomic mass is 16.5.